The molecule has 0 spiro atoms. The highest BCUT2D eigenvalue weighted by Crippen LogP contribution is 2.42. The second-order valence-corrected chi connectivity index (χ2v) is 8.89. The summed E-state index contributed by atoms with van der Waals surface area (Å²) in [5.41, 5.74) is -1.12. The van der Waals surface area contributed by atoms with Crippen LogP contribution in [0.25, 0.3) is 5.57 Å². The molecule has 1 aliphatic rings. The molecule has 0 fully saturated rings. The molecule has 0 radical (unpaired) electrons. The maximum Gasteiger partial charge on any atom is 0.269 e. The van der Waals surface area contributed by atoms with Crippen molar-refractivity contribution in [2.24, 2.45) is 0 Å². The van der Waals surface area contributed by atoms with Gasteiger partial charge in [0, 0.05) is 0 Å². The number of ether oxygens (including phenoxy) is 2. The Hall–Kier alpha value is -2.28. The van der Waals surface area contributed by atoms with Crippen molar-refractivity contribution in [2.75, 3.05) is 0 Å². The van der Waals surface area contributed by atoms with Gasteiger partial charge in [-0.1, -0.05) is 36.2 Å². The number of aliphatic hydroxyl groups is 1. The van der Waals surface area contributed by atoms with Gasteiger partial charge in [0.05, 0.1) is 5.57 Å². The number of aryl methyl sites for hydroxylation is 1. The molecule has 1 aromatic carbocycles. The van der Waals surface area contributed by atoms with E-state index in [-0.39, 0.29) is 33.0 Å². The summed E-state index contributed by atoms with van der Waals surface area (Å²) in [6, 6.07) is 6.43. The summed E-state index contributed by atoms with van der Waals surface area (Å²) in [7, 11) is 0. The third-order valence-corrected chi connectivity index (χ3v) is 5.52. The molecule has 1 aromatic heterocycles. The van der Waals surface area contributed by atoms with Gasteiger partial charge >= 0.3 is 0 Å². The van der Waals surface area contributed by atoms with Gasteiger partial charge in [-0.05, 0) is 63.4 Å². The van der Waals surface area contributed by atoms with Crippen molar-refractivity contribution in [1.82, 2.24) is 4.98 Å². The van der Waals surface area contributed by atoms with Crippen molar-refractivity contribution in [1.29, 1.82) is 0 Å². The second kappa shape index (κ2) is 7.76. The number of nitrogens with one attached hydrogen (secondary N) is 1. The molecule has 0 aliphatic carbocycles. The van der Waals surface area contributed by atoms with E-state index in [1.54, 1.807) is 45.9 Å². The predicted octanol–water partition coefficient (Wildman–Crippen LogP) is 5.46. The molecule has 1 aliphatic heterocycles. The van der Waals surface area contributed by atoms with Crippen LogP contribution in [0, 0.1) is 0 Å². The monoisotopic (exact) mass is 451 g/mol. The molecule has 0 amide bonds. The van der Waals surface area contributed by atoms with E-state index in [1.807, 2.05) is 6.92 Å². The zero-order valence-electron chi connectivity index (χ0n) is 17.4. The van der Waals surface area contributed by atoms with Crippen LogP contribution in [0.5, 0.6) is 11.6 Å². The number of H-pyrrole nitrogens is 1. The lowest BCUT2D eigenvalue weighted by Crippen LogP contribution is -2.49. The number of carbonyl (C=O) groups excluding carboxylic acids is 1. The lowest BCUT2D eigenvalue weighted by molar-refractivity contribution is -0.158. The van der Waals surface area contributed by atoms with Crippen molar-refractivity contribution >= 4 is 34.6 Å². The van der Waals surface area contributed by atoms with Crippen molar-refractivity contribution in [3.63, 3.8) is 0 Å². The van der Waals surface area contributed by atoms with Crippen molar-refractivity contribution in [3.8, 4) is 11.6 Å². The molecule has 0 saturated heterocycles. The number of pyridine rings is 1. The molecule has 0 bridgehead atoms. The first-order valence-electron chi connectivity index (χ1n) is 9.45. The average molecular weight is 452 g/mol. The molecule has 6 nitrogen and oxygen atoms in total. The Morgan fingerprint density at radius 2 is 1.73 bits per heavy atom. The quantitative estimate of drug-likeness (QED) is 0.643. The Bertz CT molecular complexity index is 1110. The number of aromatic nitrogens is 1. The highest BCUT2D eigenvalue weighted by atomic mass is 35.5. The SMILES string of the molecule is CCc1ccc(Oc2[nH]c(=O)c(Cl)cc2Cl)cc1C1=C(O)C(C)(C)OC(C)(C)C1=O. The third kappa shape index (κ3) is 4.00. The molecular weight excluding hydrogens is 429 g/mol. The summed E-state index contributed by atoms with van der Waals surface area (Å²) in [4.78, 5) is 27.4. The summed E-state index contributed by atoms with van der Waals surface area (Å²) in [6.07, 6.45) is 0.625. The number of benzene rings is 1. The molecule has 0 saturated carbocycles. The van der Waals surface area contributed by atoms with Gasteiger partial charge in [0.15, 0.2) is 5.78 Å². The largest absolute Gasteiger partial charge is 0.508 e. The number of rotatable bonds is 4. The Kier molecular flexibility index (Phi) is 5.80. The number of ketones is 1. The van der Waals surface area contributed by atoms with Crippen LogP contribution in [0.3, 0.4) is 0 Å². The predicted molar refractivity (Wildman–Crippen MR) is 117 cm³/mol. The number of carbonyl (C=O) groups is 1. The minimum Gasteiger partial charge on any atom is -0.508 e. The standard InChI is InChI=1S/C22H23Cl2NO5/c1-6-11-7-8-12(29-20-15(24)10-14(23)19(28)25-20)9-13(11)16-17(26)21(2,3)30-22(4,5)18(16)27/h7-10,26H,6H2,1-5H3,(H,25,28). The van der Waals surface area contributed by atoms with Gasteiger partial charge in [-0.3, -0.25) is 14.6 Å². The van der Waals surface area contributed by atoms with Crippen molar-refractivity contribution in [2.45, 2.75) is 52.2 Å². The second-order valence-electron chi connectivity index (χ2n) is 8.07. The molecular formula is C22H23Cl2NO5. The zero-order valence-corrected chi connectivity index (χ0v) is 18.9. The van der Waals surface area contributed by atoms with E-state index >= 15 is 0 Å². The van der Waals surface area contributed by atoms with Crippen LogP contribution >= 0.6 is 23.2 Å². The van der Waals surface area contributed by atoms with E-state index in [0.29, 0.717) is 17.7 Å². The van der Waals surface area contributed by atoms with E-state index in [9.17, 15) is 14.7 Å². The zero-order chi connectivity index (χ0) is 22.4. The number of Topliss-reactive ketones (excluding diaryl/α,β-unsaturated/α-hetero) is 1. The van der Waals surface area contributed by atoms with Crippen LogP contribution in [-0.4, -0.2) is 27.1 Å². The number of hydrogen-bond acceptors (Lipinski definition) is 5. The molecule has 2 heterocycles. The van der Waals surface area contributed by atoms with Gasteiger partial charge in [0.1, 0.15) is 32.8 Å². The van der Waals surface area contributed by atoms with Gasteiger partial charge in [-0.15, -0.1) is 0 Å². The van der Waals surface area contributed by atoms with Crippen LogP contribution < -0.4 is 10.3 Å². The highest BCUT2D eigenvalue weighted by Gasteiger charge is 2.47. The Balaban J connectivity index is 2.15. The molecule has 3 rings (SSSR count). The minimum atomic E-state index is -1.11. The van der Waals surface area contributed by atoms with Gasteiger partial charge in [-0.2, -0.15) is 0 Å². The first kappa shape index (κ1) is 22.4. The summed E-state index contributed by atoms with van der Waals surface area (Å²) in [5.74, 6) is -0.114. The topological polar surface area (TPSA) is 88.6 Å². The summed E-state index contributed by atoms with van der Waals surface area (Å²) >= 11 is 11.9. The number of aromatic amines is 1. The Labute approximate surface area is 184 Å². The fourth-order valence-corrected chi connectivity index (χ4v) is 3.92. The van der Waals surface area contributed by atoms with Gasteiger partial charge in [0.25, 0.3) is 5.56 Å². The number of hydrogen-bond donors (Lipinski definition) is 2. The van der Waals surface area contributed by atoms with E-state index < -0.39 is 16.8 Å². The first-order chi connectivity index (χ1) is 13.9. The average Bonchev–Trinajstić information content (AvgIpc) is 2.64. The fourth-order valence-electron chi connectivity index (χ4n) is 3.51. The minimum absolute atomic E-state index is 0.0263. The third-order valence-electron chi connectivity index (χ3n) is 4.96. The van der Waals surface area contributed by atoms with Gasteiger partial charge in [-0.25, -0.2) is 0 Å². The summed E-state index contributed by atoms with van der Waals surface area (Å²) < 4.78 is 11.6. The van der Waals surface area contributed by atoms with E-state index in [4.69, 9.17) is 32.7 Å². The maximum atomic E-state index is 13.2. The van der Waals surface area contributed by atoms with E-state index in [1.165, 1.54) is 6.07 Å². The van der Waals surface area contributed by atoms with Crippen LogP contribution in [0.4, 0.5) is 0 Å². The Morgan fingerprint density at radius 3 is 2.37 bits per heavy atom. The first-order valence-corrected chi connectivity index (χ1v) is 10.2. The van der Waals surface area contributed by atoms with Crippen molar-refractivity contribution in [3.05, 3.63) is 61.6 Å². The van der Waals surface area contributed by atoms with Crippen LogP contribution in [0.2, 0.25) is 10.0 Å². The summed E-state index contributed by atoms with van der Waals surface area (Å²) in [6.45, 7) is 8.72. The van der Waals surface area contributed by atoms with Gasteiger partial charge in [0.2, 0.25) is 5.88 Å². The lowest BCUT2D eigenvalue weighted by atomic mass is 9.81. The van der Waals surface area contributed by atoms with Crippen LogP contribution in [0.15, 0.2) is 34.8 Å². The smallest absolute Gasteiger partial charge is 0.269 e. The lowest BCUT2D eigenvalue weighted by Gasteiger charge is -2.40. The van der Waals surface area contributed by atoms with Crippen LogP contribution in [-0.2, 0) is 16.0 Å². The van der Waals surface area contributed by atoms with E-state index in [2.05, 4.69) is 4.98 Å². The van der Waals surface area contributed by atoms with Crippen LogP contribution in [0.1, 0.15) is 45.7 Å². The highest BCUT2D eigenvalue weighted by molar-refractivity contribution is 6.35. The molecule has 0 atom stereocenters. The summed E-state index contributed by atoms with van der Waals surface area (Å²) in [5, 5.41) is 11.0. The molecule has 8 heteroatoms. The number of aliphatic hydroxyl groups excluding tert-OH is 1. The molecule has 160 valence electrons. The Morgan fingerprint density at radius 1 is 1.07 bits per heavy atom. The molecule has 2 aromatic rings. The molecule has 0 unspecified atom stereocenters. The fraction of sp³-hybridized carbons (Fsp3) is 0.364. The van der Waals surface area contributed by atoms with E-state index in [0.717, 1.165) is 5.56 Å². The van der Waals surface area contributed by atoms with Gasteiger partial charge < -0.3 is 14.6 Å². The van der Waals surface area contributed by atoms with Crippen molar-refractivity contribution < 1.29 is 19.4 Å². The number of halogens is 2. The molecule has 2 N–H and O–H groups in total. The normalized spacial score (nSPS) is 17.9. The molecule has 30 heavy (non-hydrogen) atoms. The maximum absolute atomic E-state index is 13.2.